The number of phenols is 1. The molecule has 0 fully saturated rings. The van der Waals surface area contributed by atoms with Gasteiger partial charge in [-0.2, -0.15) is 0 Å². The summed E-state index contributed by atoms with van der Waals surface area (Å²) in [5.41, 5.74) is 4.24. The molecule has 0 atom stereocenters. The molecule has 2 aromatic carbocycles. The van der Waals surface area contributed by atoms with Crippen LogP contribution in [0.2, 0.25) is 0 Å². The number of aromatic amines is 1. The number of benzene rings is 2. The molecule has 0 spiro atoms. The van der Waals surface area contributed by atoms with Crippen LogP contribution in [-0.4, -0.2) is 26.3 Å². The van der Waals surface area contributed by atoms with Gasteiger partial charge in [0.05, 0.1) is 16.7 Å². The highest BCUT2D eigenvalue weighted by Crippen LogP contribution is 2.24. The maximum Gasteiger partial charge on any atom is 0.138 e. The molecule has 2 heterocycles. The predicted octanol–water partition coefficient (Wildman–Crippen LogP) is 4.08. The normalized spacial score (nSPS) is 11.3. The van der Waals surface area contributed by atoms with E-state index in [1.54, 1.807) is 30.7 Å². The molecule has 116 valence electrons. The fourth-order valence-electron chi connectivity index (χ4n) is 2.47. The van der Waals surface area contributed by atoms with Gasteiger partial charge in [-0.15, -0.1) is 0 Å². The Morgan fingerprint density at radius 3 is 2.67 bits per heavy atom. The minimum atomic E-state index is 0.212. The fourth-order valence-corrected chi connectivity index (χ4v) is 2.47. The Morgan fingerprint density at radius 1 is 1.00 bits per heavy atom. The van der Waals surface area contributed by atoms with E-state index in [-0.39, 0.29) is 5.75 Å². The molecular formula is C19H14N4O. The van der Waals surface area contributed by atoms with Crippen molar-refractivity contribution in [2.24, 2.45) is 4.99 Å². The molecule has 0 amide bonds. The number of pyridine rings is 1. The molecule has 0 aliphatic heterocycles. The molecule has 0 saturated heterocycles. The number of aromatic hydroxyl groups is 1. The second-order valence-electron chi connectivity index (χ2n) is 5.34. The topological polar surface area (TPSA) is 74.2 Å². The van der Waals surface area contributed by atoms with Crippen LogP contribution in [0.3, 0.4) is 0 Å². The van der Waals surface area contributed by atoms with Gasteiger partial charge in [-0.25, -0.2) is 4.98 Å². The zero-order valence-corrected chi connectivity index (χ0v) is 12.7. The number of phenolic OH excluding ortho intramolecular Hbond substituents is 1. The van der Waals surface area contributed by atoms with Crippen LogP contribution in [0, 0.1) is 0 Å². The van der Waals surface area contributed by atoms with Crippen LogP contribution in [-0.2, 0) is 0 Å². The van der Waals surface area contributed by atoms with Crippen LogP contribution in [0.15, 0.2) is 72.0 Å². The summed E-state index contributed by atoms with van der Waals surface area (Å²) in [5, 5.41) is 9.78. The van der Waals surface area contributed by atoms with Crippen LogP contribution in [0.4, 0.5) is 5.69 Å². The number of aromatic nitrogens is 3. The summed E-state index contributed by atoms with van der Waals surface area (Å²) in [5.74, 6) is 1.01. The van der Waals surface area contributed by atoms with Crippen molar-refractivity contribution in [1.29, 1.82) is 0 Å². The molecule has 5 nitrogen and oxygen atoms in total. The Morgan fingerprint density at radius 2 is 1.83 bits per heavy atom. The molecule has 0 aliphatic carbocycles. The lowest BCUT2D eigenvalue weighted by molar-refractivity contribution is 0.474. The number of rotatable bonds is 3. The van der Waals surface area contributed by atoms with E-state index in [4.69, 9.17) is 0 Å². The Bertz CT molecular complexity index is 1020. The lowest BCUT2D eigenvalue weighted by Crippen LogP contribution is -1.80. The quantitative estimate of drug-likeness (QED) is 0.559. The standard InChI is InChI=1S/C19H14N4O/c24-18-4-2-1-3-14(18)12-21-15-5-6-16-17(11-15)23-19(22-16)13-7-9-20-10-8-13/h1-12,24H,(H,22,23). The Labute approximate surface area is 138 Å². The third-order valence-corrected chi connectivity index (χ3v) is 3.71. The minimum absolute atomic E-state index is 0.212. The van der Waals surface area contributed by atoms with Crippen LogP contribution >= 0.6 is 0 Å². The largest absolute Gasteiger partial charge is 0.507 e. The Balaban J connectivity index is 1.67. The smallest absolute Gasteiger partial charge is 0.138 e. The zero-order valence-electron chi connectivity index (χ0n) is 12.7. The van der Waals surface area contributed by atoms with Gasteiger partial charge in [0.2, 0.25) is 0 Å². The first kappa shape index (κ1) is 14.1. The molecule has 0 radical (unpaired) electrons. The molecule has 0 aliphatic rings. The molecule has 0 bridgehead atoms. The lowest BCUT2D eigenvalue weighted by atomic mass is 10.2. The number of H-pyrrole nitrogens is 1. The summed E-state index contributed by atoms with van der Waals surface area (Å²) < 4.78 is 0. The second kappa shape index (κ2) is 5.96. The Kier molecular flexibility index (Phi) is 3.51. The van der Waals surface area contributed by atoms with Crippen molar-refractivity contribution in [2.75, 3.05) is 0 Å². The van der Waals surface area contributed by atoms with E-state index >= 15 is 0 Å². The first-order chi connectivity index (χ1) is 11.8. The van der Waals surface area contributed by atoms with Gasteiger partial charge in [-0.05, 0) is 42.5 Å². The fraction of sp³-hybridized carbons (Fsp3) is 0. The van der Waals surface area contributed by atoms with Crippen molar-refractivity contribution >= 4 is 22.9 Å². The van der Waals surface area contributed by atoms with Gasteiger partial charge < -0.3 is 10.1 Å². The van der Waals surface area contributed by atoms with Crippen LogP contribution in [0.25, 0.3) is 22.4 Å². The van der Waals surface area contributed by atoms with Crippen molar-refractivity contribution < 1.29 is 5.11 Å². The van der Waals surface area contributed by atoms with E-state index in [2.05, 4.69) is 19.9 Å². The molecular weight excluding hydrogens is 300 g/mol. The molecule has 2 N–H and O–H groups in total. The number of hydrogen-bond acceptors (Lipinski definition) is 4. The second-order valence-corrected chi connectivity index (χ2v) is 5.34. The number of fused-ring (bicyclic) bond motifs is 1. The summed E-state index contributed by atoms with van der Waals surface area (Å²) >= 11 is 0. The van der Waals surface area contributed by atoms with E-state index in [0.717, 1.165) is 28.1 Å². The third-order valence-electron chi connectivity index (χ3n) is 3.71. The molecule has 5 heteroatoms. The molecule has 4 rings (SSSR count). The summed E-state index contributed by atoms with van der Waals surface area (Å²) in [4.78, 5) is 16.3. The van der Waals surface area contributed by atoms with E-state index in [0.29, 0.717) is 5.56 Å². The van der Waals surface area contributed by atoms with E-state index < -0.39 is 0 Å². The SMILES string of the molecule is Oc1ccccc1C=Nc1ccc2nc(-c3ccncc3)[nH]c2c1. The maximum atomic E-state index is 9.78. The van der Waals surface area contributed by atoms with Gasteiger partial charge >= 0.3 is 0 Å². The van der Waals surface area contributed by atoms with Gasteiger partial charge in [0.25, 0.3) is 0 Å². The van der Waals surface area contributed by atoms with Gasteiger partial charge in [0.15, 0.2) is 0 Å². The number of nitrogens with zero attached hydrogens (tertiary/aromatic N) is 3. The maximum absolute atomic E-state index is 9.78. The number of aliphatic imine (C=N–C) groups is 1. The van der Waals surface area contributed by atoms with E-state index in [9.17, 15) is 5.11 Å². The van der Waals surface area contributed by atoms with E-state index in [1.807, 2.05) is 42.5 Å². The molecule has 0 unspecified atom stereocenters. The monoisotopic (exact) mass is 314 g/mol. The molecule has 4 aromatic rings. The van der Waals surface area contributed by atoms with Gasteiger partial charge in [-0.3, -0.25) is 9.98 Å². The first-order valence-electron chi connectivity index (χ1n) is 7.52. The highest BCUT2D eigenvalue weighted by Gasteiger charge is 2.05. The van der Waals surface area contributed by atoms with E-state index in [1.165, 1.54) is 0 Å². The molecule has 2 aromatic heterocycles. The minimum Gasteiger partial charge on any atom is -0.507 e. The predicted molar refractivity (Wildman–Crippen MR) is 94.7 cm³/mol. The highest BCUT2D eigenvalue weighted by atomic mass is 16.3. The number of imidazole rings is 1. The van der Waals surface area contributed by atoms with Crippen molar-refractivity contribution in [3.8, 4) is 17.1 Å². The number of nitrogens with one attached hydrogen (secondary N) is 1. The number of hydrogen-bond donors (Lipinski definition) is 2. The number of para-hydroxylation sites is 1. The third kappa shape index (κ3) is 2.75. The summed E-state index contributed by atoms with van der Waals surface area (Å²) in [7, 11) is 0. The van der Waals surface area contributed by atoms with Crippen LogP contribution < -0.4 is 0 Å². The van der Waals surface area contributed by atoms with Gasteiger partial charge in [-0.1, -0.05) is 12.1 Å². The van der Waals surface area contributed by atoms with Crippen LogP contribution in [0.5, 0.6) is 5.75 Å². The average molecular weight is 314 g/mol. The molecule has 0 saturated carbocycles. The summed E-state index contributed by atoms with van der Waals surface area (Å²) in [6.45, 7) is 0. The van der Waals surface area contributed by atoms with Crippen molar-refractivity contribution in [3.05, 3.63) is 72.6 Å². The summed E-state index contributed by atoms with van der Waals surface area (Å²) in [6, 6.07) is 16.7. The summed E-state index contributed by atoms with van der Waals surface area (Å²) in [6.07, 6.45) is 5.13. The van der Waals surface area contributed by atoms with Gasteiger partial charge in [0.1, 0.15) is 11.6 Å². The van der Waals surface area contributed by atoms with Gasteiger partial charge in [0, 0.05) is 29.7 Å². The van der Waals surface area contributed by atoms with Crippen molar-refractivity contribution in [2.45, 2.75) is 0 Å². The lowest BCUT2D eigenvalue weighted by Gasteiger charge is -1.97. The average Bonchev–Trinajstić information content (AvgIpc) is 3.05. The van der Waals surface area contributed by atoms with Crippen LogP contribution in [0.1, 0.15) is 5.56 Å². The highest BCUT2D eigenvalue weighted by molar-refractivity contribution is 5.87. The Hall–Kier alpha value is -3.47. The first-order valence-corrected chi connectivity index (χ1v) is 7.52. The molecule has 24 heavy (non-hydrogen) atoms. The van der Waals surface area contributed by atoms with Crippen molar-refractivity contribution in [1.82, 2.24) is 15.0 Å². The van der Waals surface area contributed by atoms with Crippen molar-refractivity contribution in [3.63, 3.8) is 0 Å². The zero-order chi connectivity index (χ0) is 16.4.